The van der Waals surface area contributed by atoms with Crippen molar-refractivity contribution in [3.8, 4) is 0 Å². The zero-order chi connectivity index (χ0) is 21.8. The summed E-state index contributed by atoms with van der Waals surface area (Å²) in [6.45, 7) is 29.4. The molecule has 0 aliphatic carbocycles. The summed E-state index contributed by atoms with van der Waals surface area (Å²) in [5, 5.41) is 9.90. The zero-order valence-corrected chi connectivity index (χ0v) is 22.5. The van der Waals surface area contributed by atoms with Gasteiger partial charge in [0.05, 0.1) is 12.7 Å². The molecule has 0 unspecified atom stereocenters. The van der Waals surface area contributed by atoms with Crippen LogP contribution in [0.25, 0.3) is 0 Å². The number of aliphatic hydroxyl groups excluding tert-OH is 1. The van der Waals surface area contributed by atoms with E-state index in [9.17, 15) is 5.11 Å². The summed E-state index contributed by atoms with van der Waals surface area (Å²) >= 11 is 0. The molecule has 5 heteroatoms. The van der Waals surface area contributed by atoms with E-state index in [0.29, 0.717) is 5.92 Å². The second-order valence-corrected chi connectivity index (χ2v) is 20.9. The van der Waals surface area contributed by atoms with Gasteiger partial charge in [0.1, 0.15) is 0 Å². The minimum Gasteiger partial charge on any atom is -0.414 e. The van der Waals surface area contributed by atoms with Crippen LogP contribution in [0, 0.1) is 5.92 Å². The van der Waals surface area contributed by atoms with Gasteiger partial charge in [-0.1, -0.05) is 54.5 Å². The second-order valence-electron chi connectivity index (χ2n) is 11.4. The van der Waals surface area contributed by atoms with Gasteiger partial charge in [-0.05, 0) is 68.0 Å². The van der Waals surface area contributed by atoms with Gasteiger partial charge in [0.25, 0.3) is 0 Å². The lowest BCUT2D eigenvalue weighted by molar-refractivity contribution is 0.112. The van der Waals surface area contributed by atoms with Crippen molar-refractivity contribution in [1.29, 1.82) is 0 Å². The van der Waals surface area contributed by atoms with Crippen LogP contribution in [0.4, 0.5) is 0 Å². The highest BCUT2D eigenvalue weighted by Gasteiger charge is 2.41. The fourth-order valence-corrected chi connectivity index (χ4v) is 5.34. The third kappa shape index (κ3) is 8.52. The molecule has 0 aliphatic heterocycles. The van der Waals surface area contributed by atoms with E-state index < -0.39 is 16.6 Å². The van der Waals surface area contributed by atoms with Crippen LogP contribution < -0.4 is 0 Å². The Morgan fingerprint density at radius 1 is 0.889 bits per heavy atom. The maximum atomic E-state index is 9.52. The van der Waals surface area contributed by atoms with Crippen molar-refractivity contribution >= 4 is 16.6 Å². The monoisotopic (exact) mass is 416 g/mol. The Balaban J connectivity index is 5.35. The van der Waals surface area contributed by atoms with E-state index >= 15 is 0 Å². The fraction of sp³-hybridized carbons (Fsp3) is 0.909. The summed E-state index contributed by atoms with van der Waals surface area (Å²) in [4.78, 5) is 0. The molecule has 0 spiro atoms. The molecule has 3 atom stereocenters. The molecule has 162 valence electrons. The molecule has 0 heterocycles. The Kier molecular flexibility index (Phi) is 9.72. The highest BCUT2D eigenvalue weighted by molar-refractivity contribution is 6.74. The molecule has 0 amide bonds. The minimum atomic E-state index is -1.90. The van der Waals surface area contributed by atoms with Gasteiger partial charge in [-0.15, -0.1) is 0 Å². The third-order valence-corrected chi connectivity index (χ3v) is 15.6. The number of rotatable bonds is 9. The first-order valence-electron chi connectivity index (χ1n) is 10.5. The first kappa shape index (κ1) is 27.1. The van der Waals surface area contributed by atoms with Crippen LogP contribution in [0.1, 0.15) is 68.7 Å². The largest absolute Gasteiger partial charge is 0.414 e. The van der Waals surface area contributed by atoms with Gasteiger partial charge in [-0.25, -0.2) is 0 Å². The molecule has 0 saturated carbocycles. The average Bonchev–Trinajstić information content (AvgIpc) is 2.42. The number of aliphatic hydroxyl groups is 1. The minimum absolute atomic E-state index is 0.0171. The Hall–Kier alpha value is 0.0538. The zero-order valence-electron chi connectivity index (χ0n) is 20.5. The van der Waals surface area contributed by atoms with Crippen LogP contribution in [0.5, 0.6) is 0 Å². The van der Waals surface area contributed by atoms with Gasteiger partial charge in [0.2, 0.25) is 0 Å². The summed E-state index contributed by atoms with van der Waals surface area (Å²) in [7, 11) is -3.67. The van der Waals surface area contributed by atoms with Gasteiger partial charge in [-0.2, -0.15) is 0 Å². The highest BCUT2D eigenvalue weighted by atomic mass is 28.4. The lowest BCUT2D eigenvalue weighted by Crippen LogP contribution is -2.46. The van der Waals surface area contributed by atoms with Gasteiger partial charge < -0.3 is 14.0 Å². The van der Waals surface area contributed by atoms with E-state index in [1.807, 2.05) is 6.92 Å². The van der Waals surface area contributed by atoms with E-state index in [2.05, 4.69) is 87.7 Å². The highest BCUT2D eigenvalue weighted by Crippen LogP contribution is 2.40. The molecular weight excluding hydrogens is 368 g/mol. The maximum absolute atomic E-state index is 9.52. The molecule has 1 N–H and O–H groups in total. The molecule has 0 aromatic heterocycles. The molecule has 0 rings (SSSR count). The molecular formula is C22H48O3Si2. The van der Waals surface area contributed by atoms with Crippen LogP contribution >= 0.6 is 0 Å². The summed E-state index contributed by atoms with van der Waals surface area (Å²) in [6.07, 6.45) is 3.31. The van der Waals surface area contributed by atoms with Gasteiger partial charge in [0, 0.05) is 6.10 Å². The van der Waals surface area contributed by atoms with Crippen LogP contribution in [-0.4, -0.2) is 40.6 Å². The van der Waals surface area contributed by atoms with E-state index in [4.69, 9.17) is 8.85 Å². The van der Waals surface area contributed by atoms with E-state index in [0.717, 1.165) is 12.0 Å². The molecule has 3 nitrogen and oxygen atoms in total. The van der Waals surface area contributed by atoms with E-state index in [-0.39, 0.29) is 28.9 Å². The molecule has 0 aromatic carbocycles. The molecule has 0 radical (unpaired) electrons. The average molecular weight is 417 g/mol. The smallest absolute Gasteiger partial charge is 0.192 e. The van der Waals surface area contributed by atoms with Crippen molar-refractivity contribution in [3.05, 3.63) is 11.6 Å². The Morgan fingerprint density at radius 3 is 1.67 bits per heavy atom. The van der Waals surface area contributed by atoms with Crippen molar-refractivity contribution in [2.24, 2.45) is 5.92 Å². The summed E-state index contributed by atoms with van der Waals surface area (Å²) in [5.74, 6) is 0.334. The quantitative estimate of drug-likeness (QED) is 0.333. The fourth-order valence-electron chi connectivity index (χ4n) is 2.55. The summed E-state index contributed by atoms with van der Waals surface area (Å²) in [5.41, 5.74) is 0.975. The summed E-state index contributed by atoms with van der Waals surface area (Å²) < 4.78 is 13.3. The second kappa shape index (κ2) is 9.70. The lowest BCUT2D eigenvalue weighted by Gasteiger charge is -2.42. The normalized spacial score (nSPS) is 18.4. The third-order valence-electron chi connectivity index (χ3n) is 6.50. The molecule has 0 saturated heterocycles. The van der Waals surface area contributed by atoms with Gasteiger partial charge >= 0.3 is 0 Å². The van der Waals surface area contributed by atoms with Crippen molar-refractivity contribution in [3.63, 3.8) is 0 Å². The topological polar surface area (TPSA) is 38.7 Å². The SMILES string of the molecule is C/C(=C\[C@H](O[Si](C)(C)C(C)(C)C)[C@@H](C)C[C@@H](C)O[Si](C)(C)C(C)(C)C)CO. The van der Waals surface area contributed by atoms with Crippen molar-refractivity contribution in [1.82, 2.24) is 0 Å². The number of hydrogen-bond donors (Lipinski definition) is 1. The lowest BCUT2D eigenvalue weighted by atomic mass is 9.96. The predicted molar refractivity (Wildman–Crippen MR) is 124 cm³/mol. The van der Waals surface area contributed by atoms with Crippen molar-refractivity contribution in [2.45, 2.75) is 117 Å². The Labute approximate surface area is 172 Å². The number of hydrogen-bond acceptors (Lipinski definition) is 3. The molecule has 27 heavy (non-hydrogen) atoms. The Morgan fingerprint density at radius 2 is 1.30 bits per heavy atom. The predicted octanol–water partition coefficient (Wildman–Crippen LogP) is 6.75. The van der Waals surface area contributed by atoms with Gasteiger partial charge in [-0.3, -0.25) is 0 Å². The molecule has 0 fully saturated rings. The van der Waals surface area contributed by atoms with Crippen molar-refractivity contribution in [2.75, 3.05) is 6.61 Å². The van der Waals surface area contributed by atoms with Crippen LogP contribution in [0.15, 0.2) is 11.6 Å². The van der Waals surface area contributed by atoms with Crippen LogP contribution in [0.3, 0.4) is 0 Å². The molecule has 0 bridgehead atoms. The molecule has 0 aromatic rings. The maximum Gasteiger partial charge on any atom is 0.192 e. The Bertz CT molecular complexity index is 485. The first-order valence-corrected chi connectivity index (χ1v) is 16.3. The van der Waals surface area contributed by atoms with E-state index in [1.165, 1.54) is 0 Å². The van der Waals surface area contributed by atoms with Crippen molar-refractivity contribution < 1.29 is 14.0 Å². The summed E-state index contributed by atoms with van der Waals surface area (Å²) in [6, 6.07) is 0. The van der Waals surface area contributed by atoms with E-state index in [1.54, 1.807) is 0 Å². The first-order chi connectivity index (χ1) is 11.8. The van der Waals surface area contributed by atoms with Crippen LogP contribution in [0.2, 0.25) is 36.3 Å². The van der Waals surface area contributed by atoms with Crippen LogP contribution in [-0.2, 0) is 8.85 Å². The molecule has 0 aliphatic rings. The standard InChI is InChI=1S/C22H48O3Si2/c1-17(16-23)14-20(25-27(12,13)22(7,8)9)18(2)15-19(3)24-26(10,11)21(4,5)6/h14,18-20,23H,15-16H2,1-13H3/b17-14+/t18-,19+,20-/m0/s1. The van der Waals surface area contributed by atoms with Gasteiger partial charge in [0.15, 0.2) is 16.6 Å².